The highest BCUT2D eigenvalue weighted by Gasteiger charge is 2.34. The van der Waals surface area contributed by atoms with Gasteiger partial charge in [-0.1, -0.05) is 13.3 Å². The second kappa shape index (κ2) is 6.33. The molecule has 4 heteroatoms. The number of ether oxygens (including phenoxy) is 2. The lowest BCUT2D eigenvalue weighted by atomic mass is 9.83. The largest absolute Gasteiger partial charge is 0.387 e. The molecule has 0 aromatic carbocycles. The second-order valence-corrected chi connectivity index (χ2v) is 5.97. The van der Waals surface area contributed by atoms with E-state index in [1.807, 2.05) is 0 Å². The first-order valence-corrected chi connectivity index (χ1v) is 7.32. The van der Waals surface area contributed by atoms with Gasteiger partial charge in [0.2, 0.25) is 0 Å². The third-order valence-electron chi connectivity index (χ3n) is 4.20. The van der Waals surface area contributed by atoms with Gasteiger partial charge in [-0.15, -0.1) is 0 Å². The Hall–Kier alpha value is -0.160. The van der Waals surface area contributed by atoms with Gasteiger partial charge >= 0.3 is 0 Å². The van der Waals surface area contributed by atoms with Crippen LogP contribution in [0.1, 0.15) is 51.9 Å². The van der Waals surface area contributed by atoms with Crippen LogP contribution in [-0.2, 0) is 9.47 Å². The maximum Gasteiger partial charge on any atom is 0.0881 e. The molecule has 0 aromatic heterocycles. The predicted molar refractivity (Wildman–Crippen MR) is 70.4 cm³/mol. The maximum atomic E-state index is 10.4. The molecule has 1 saturated heterocycles. The average molecular weight is 257 g/mol. The molecule has 2 rings (SSSR count). The number of hydrogen-bond donors (Lipinski definition) is 2. The smallest absolute Gasteiger partial charge is 0.0881 e. The highest BCUT2D eigenvalue weighted by Crippen LogP contribution is 2.29. The number of rotatable bonds is 5. The molecular formula is C14H27NO3. The zero-order valence-electron chi connectivity index (χ0n) is 11.4. The summed E-state index contributed by atoms with van der Waals surface area (Å²) in [6.45, 7) is 3.29. The van der Waals surface area contributed by atoms with Gasteiger partial charge < -0.3 is 20.3 Å². The van der Waals surface area contributed by atoms with Crippen molar-refractivity contribution in [3.8, 4) is 0 Å². The van der Waals surface area contributed by atoms with Crippen LogP contribution in [0.5, 0.6) is 0 Å². The van der Waals surface area contributed by atoms with Crippen LogP contribution in [0.3, 0.4) is 0 Å². The molecule has 1 aliphatic heterocycles. The van der Waals surface area contributed by atoms with E-state index >= 15 is 0 Å². The molecule has 0 aromatic rings. The van der Waals surface area contributed by atoms with Crippen molar-refractivity contribution in [2.75, 3.05) is 13.2 Å². The first-order valence-electron chi connectivity index (χ1n) is 7.32. The molecule has 1 heterocycles. The van der Waals surface area contributed by atoms with Crippen molar-refractivity contribution in [3.63, 3.8) is 0 Å². The Bertz CT molecular complexity index is 251. The Balaban J connectivity index is 1.68. The normalized spacial score (nSPS) is 41.2. The monoisotopic (exact) mass is 257 g/mol. The van der Waals surface area contributed by atoms with Gasteiger partial charge in [0.25, 0.3) is 0 Å². The van der Waals surface area contributed by atoms with E-state index in [1.165, 1.54) is 0 Å². The molecule has 0 amide bonds. The Morgan fingerprint density at radius 3 is 2.78 bits per heavy atom. The van der Waals surface area contributed by atoms with Gasteiger partial charge in [-0.3, -0.25) is 0 Å². The van der Waals surface area contributed by atoms with Crippen molar-refractivity contribution in [2.45, 2.75) is 75.7 Å². The second-order valence-electron chi connectivity index (χ2n) is 5.97. The molecule has 1 saturated carbocycles. The van der Waals surface area contributed by atoms with E-state index in [0.29, 0.717) is 19.3 Å². The summed E-state index contributed by atoms with van der Waals surface area (Å²) in [5, 5.41) is 10.4. The Labute approximate surface area is 110 Å². The van der Waals surface area contributed by atoms with Gasteiger partial charge in [0.1, 0.15) is 0 Å². The predicted octanol–water partition coefficient (Wildman–Crippen LogP) is 1.59. The fourth-order valence-electron chi connectivity index (χ4n) is 2.91. The lowest BCUT2D eigenvalue weighted by molar-refractivity contribution is -0.0924. The molecule has 2 fully saturated rings. The number of nitrogens with two attached hydrogens (primary N) is 1. The van der Waals surface area contributed by atoms with Gasteiger partial charge in [0.15, 0.2) is 0 Å². The van der Waals surface area contributed by atoms with Crippen LogP contribution in [0.25, 0.3) is 0 Å². The van der Waals surface area contributed by atoms with Crippen LogP contribution in [0.15, 0.2) is 0 Å². The zero-order valence-corrected chi connectivity index (χ0v) is 11.4. The Morgan fingerprint density at radius 1 is 1.39 bits per heavy atom. The quantitative estimate of drug-likeness (QED) is 0.785. The Morgan fingerprint density at radius 2 is 2.11 bits per heavy atom. The molecule has 4 nitrogen and oxygen atoms in total. The highest BCUT2D eigenvalue weighted by atomic mass is 16.6. The van der Waals surface area contributed by atoms with E-state index < -0.39 is 5.60 Å². The van der Waals surface area contributed by atoms with Crippen molar-refractivity contribution < 1.29 is 14.6 Å². The van der Waals surface area contributed by atoms with Crippen LogP contribution in [0.2, 0.25) is 0 Å². The van der Waals surface area contributed by atoms with Gasteiger partial charge in [0, 0.05) is 12.5 Å². The fourth-order valence-corrected chi connectivity index (χ4v) is 2.91. The topological polar surface area (TPSA) is 64.7 Å². The van der Waals surface area contributed by atoms with Crippen molar-refractivity contribution in [1.29, 1.82) is 0 Å². The lowest BCUT2D eigenvalue weighted by Crippen LogP contribution is -2.43. The van der Waals surface area contributed by atoms with Crippen LogP contribution in [0.4, 0.5) is 0 Å². The third kappa shape index (κ3) is 3.92. The van der Waals surface area contributed by atoms with Crippen LogP contribution >= 0.6 is 0 Å². The van der Waals surface area contributed by atoms with E-state index in [1.54, 1.807) is 0 Å². The van der Waals surface area contributed by atoms with Gasteiger partial charge in [-0.2, -0.15) is 0 Å². The molecule has 2 atom stereocenters. The molecule has 0 spiro atoms. The van der Waals surface area contributed by atoms with Crippen LogP contribution < -0.4 is 5.73 Å². The summed E-state index contributed by atoms with van der Waals surface area (Å²) in [6, 6.07) is 0.258. The molecule has 0 radical (unpaired) electrons. The SMILES string of the molecule is CCCC1CC(OCC2(O)CCC(N)CC2)CO1. The van der Waals surface area contributed by atoms with Crippen molar-refractivity contribution in [2.24, 2.45) is 5.73 Å². The zero-order chi connectivity index (χ0) is 13.0. The van der Waals surface area contributed by atoms with Crippen molar-refractivity contribution in [3.05, 3.63) is 0 Å². The molecule has 1 aliphatic carbocycles. The molecule has 2 unspecified atom stereocenters. The standard InChI is InChI=1S/C14H27NO3/c1-2-3-12-8-13(9-17-12)18-10-14(16)6-4-11(15)5-7-14/h11-13,16H,2-10,15H2,1H3. The molecule has 18 heavy (non-hydrogen) atoms. The van der Waals surface area contributed by atoms with E-state index in [4.69, 9.17) is 15.2 Å². The van der Waals surface area contributed by atoms with Crippen LogP contribution in [0, 0.1) is 0 Å². The summed E-state index contributed by atoms with van der Waals surface area (Å²) in [7, 11) is 0. The summed E-state index contributed by atoms with van der Waals surface area (Å²) in [5.74, 6) is 0. The molecule has 0 bridgehead atoms. The maximum absolute atomic E-state index is 10.4. The average Bonchev–Trinajstić information content (AvgIpc) is 2.80. The van der Waals surface area contributed by atoms with Gasteiger partial charge in [-0.25, -0.2) is 0 Å². The summed E-state index contributed by atoms with van der Waals surface area (Å²) in [5.41, 5.74) is 5.20. The number of hydrogen-bond acceptors (Lipinski definition) is 4. The van der Waals surface area contributed by atoms with E-state index in [9.17, 15) is 5.11 Å². The number of aliphatic hydroxyl groups is 1. The molecule has 2 aliphatic rings. The van der Waals surface area contributed by atoms with E-state index in [-0.39, 0.29) is 12.1 Å². The molecular weight excluding hydrogens is 230 g/mol. The third-order valence-corrected chi connectivity index (χ3v) is 4.20. The van der Waals surface area contributed by atoms with E-state index in [2.05, 4.69) is 6.92 Å². The summed E-state index contributed by atoms with van der Waals surface area (Å²) >= 11 is 0. The minimum Gasteiger partial charge on any atom is -0.387 e. The molecule has 3 N–H and O–H groups in total. The summed E-state index contributed by atoms with van der Waals surface area (Å²) < 4.78 is 11.5. The van der Waals surface area contributed by atoms with Gasteiger partial charge in [0.05, 0.1) is 31.0 Å². The van der Waals surface area contributed by atoms with Crippen molar-refractivity contribution in [1.82, 2.24) is 0 Å². The summed E-state index contributed by atoms with van der Waals surface area (Å²) in [6.07, 6.45) is 7.09. The minimum absolute atomic E-state index is 0.168. The van der Waals surface area contributed by atoms with E-state index in [0.717, 1.165) is 44.9 Å². The first-order chi connectivity index (χ1) is 8.61. The highest BCUT2D eigenvalue weighted by molar-refractivity contribution is 4.87. The van der Waals surface area contributed by atoms with Crippen LogP contribution in [-0.4, -0.2) is 42.2 Å². The lowest BCUT2D eigenvalue weighted by Gasteiger charge is -2.35. The fraction of sp³-hybridized carbons (Fsp3) is 1.00. The van der Waals surface area contributed by atoms with Gasteiger partial charge in [-0.05, 0) is 32.1 Å². The minimum atomic E-state index is -0.654. The Kier molecular flexibility index (Phi) is 5.01. The van der Waals surface area contributed by atoms with Crippen molar-refractivity contribution >= 4 is 0 Å². The first kappa shape index (κ1) is 14.3. The summed E-state index contributed by atoms with van der Waals surface area (Å²) in [4.78, 5) is 0. The molecule has 106 valence electrons.